The van der Waals surface area contributed by atoms with Crippen molar-refractivity contribution in [2.24, 2.45) is 4.99 Å². The van der Waals surface area contributed by atoms with Crippen molar-refractivity contribution >= 4 is 17.9 Å². The molecule has 1 N–H and O–H groups in total. The molecule has 0 spiro atoms. The van der Waals surface area contributed by atoms with E-state index in [1.54, 1.807) is 19.1 Å². The number of imide groups is 1. The summed E-state index contributed by atoms with van der Waals surface area (Å²) in [6, 6.07) is 8.73. The minimum atomic E-state index is -0.484. The largest absolute Gasteiger partial charge is 0.385 e. The molecule has 0 radical (unpaired) electrons. The summed E-state index contributed by atoms with van der Waals surface area (Å²) in [6.45, 7) is 1.50. The van der Waals surface area contributed by atoms with Crippen molar-refractivity contribution in [3.05, 3.63) is 35.9 Å². The molecule has 3 rings (SSSR count). The van der Waals surface area contributed by atoms with Gasteiger partial charge in [-0.1, -0.05) is 30.3 Å². The van der Waals surface area contributed by atoms with Crippen molar-refractivity contribution in [2.45, 2.75) is 25.2 Å². The highest BCUT2D eigenvalue weighted by atomic mass is 16.5. The van der Waals surface area contributed by atoms with Crippen LogP contribution in [0.1, 0.15) is 12.0 Å². The van der Waals surface area contributed by atoms with Crippen molar-refractivity contribution in [1.82, 2.24) is 20.0 Å². The first-order valence-electron chi connectivity index (χ1n) is 8.69. The molecule has 2 heterocycles. The molecule has 2 aliphatic heterocycles. The van der Waals surface area contributed by atoms with Crippen LogP contribution in [-0.4, -0.2) is 79.2 Å². The third-order valence-corrected chi connectivity index (χ3v) is 4.75. The fourth-order valence-corrected chi connectivity index (χ4v) is 3.29. The second-order valence-electron chi connectivity index (χ2n) is 6.50. The van der Waals surface area contributed by atoms with Crippen LogP contribution in [0.4, 0.5) is 4.79 Å². The van der Waals surface area contributed by atoms with Gasteiger partial charge in [-0.05, 0) is 12.0 Å². The predicted octanol–water partition coefficient (Wildman–Crippen LogP) is 0.703. The Morgan fingerprint density at radius 3 is 2.58 bits per heavy atom. The van der Waals surface area contributed by atoms with Crippen LogP contribution in [0.5, 0.6) is 0 Å². The molecule has 0 bridgehead atoms. The van der Waals surface area contributed by atoms with Gasteiger partial charge in [-0.25, -0.2) is 4.79 Å². The van der Waals surface area contributed by atoms with Crippen LogP contribution in [0.2, 0.25) is 0 Å². The topological polar surface area (TPSA) is 77.5 Å². The molecule has 1 aromatic carbocycles. The quantitative estimate of drug-likeness (QED) is 0.757. The number of amides is 3. The number of nitrogens with one attached hydrogen (secondary N) is 1. The first-order chi connectivity index (χ1) is 12.5. The second-order valence-corrected chi connectivity index (χ2v) is 6.50. The maximum atomic E-state index is 13.0. The van der Waals surface area contributed by atoms with Gasteiger partial charge >= 0.3 is 6.03 Å². The van der Waals surface area contributed by atoms with Crippen LogP contribution in [0.15, 0.2) is 35.3 Å². The van der Waals surface area contributed by atoms with Crippen molar-refractivity contribution in [2.75, 3.05) is 34.4 Å². The summed E-state index contributed by atoms with van der Waals surface area (Å²) in [5.41, 5.74) is 0.920. The molecule has 0 aliphatic carbocycles. The van der Waals surface area contributed by atoms with E-state index in [9.17, 15) is 9.59 Å². The van der Waals surface area contributed by atoms with Crippen LogP contribution in [-0.2, 0) is 16.1 Å². The van der Waals surface area contributed by atoms with Gasteiger partial charge in [0.15, 0.2) is 12.0 Å². The number of hydrogen-bond acceptors (Lipinski definition) is 4. The van der Waals surface area contributed by atoms with Crippen LogP contribution in [0.25, 0.3) is 0 Å². The Hall–Kier alpha value is -2.61. The number of nitrogens with zero attached hydrogens (tertiary/aromatic N) is 4. The summed E-state index contributed by atoms with van der Waals surface area (Å²) in [7, 11) is 5.19. The lowest BCUT2D eigenvalue weighted by Gasteiger charge is -2.40. The highest BCUT2D eigenvalue weighted by molar-refractivity contribution is 6.04. The molecule has 8 nitrogen and oxygen atoms in total. The molecule has 26 heavy (non-hydrogen) atoms. The summed E-state index contributed by atoms with van der Waals surface area (Å²) < 4.78 is 5.03. The Bertz CT molecular complexity index is 693. The van der Waals surface area contributed by atoms with E-state index in [-0.39, 0.29) is 18.5 Å². The third-order valence-electron chi connectivity index (χ3n) is 4.75. The van der Waals surface area contributed by atoms with Gasteiger partial charge in [0.2, 0.25) is 0 Å². The molecular formula is C18H25N5O3. The van der Waals surface area contributed by atoms with Crippen molar-refractivity contribution in [3.63, 3.8) is 0 Å². The van der Waals surface area contributed by atoms with Crippen LogP contribution in [0.3, 0.4) is 0 Å². The lowest BCUT2D eigenvalue weighted by atomic mass is 10.1. The maximum Gasteiger partial charge on any atom is 0.328 e. The molecule has 0 aromatic heterocycles. The predicted molar refractivity (Wildman–Crippen MR) is 97.4 cm³/mol. The highest BCUT2D eigenvalue weighted by Crippen LogP contribution is 2.25. The van der Waals surface area contributed by atoms with Gasteiger partial charge in [0.25, 0.3) is 5.91 Å². The van der Waals surface area contributed by atoms with Crippen molar-refractivity contribution in [3.8, 4) is 0 Å². The normalized spacial score (nSPS) is 24.3. The number of ether oxygens (including phenoxy) is 1. The highest BCUT2D eigenvalue weighted by Gasteiger charge is 2.51. The molecular weight excluding hydrogens is 334 g/mol. The number of likely N-dealkylation sites (N-methyl/N-ethyl adjacent to an activating group) is 2. The van der Waals surface area contributed by atoms with Crippen molar-refractivity contribution < 1.29 is 14.3 Å². The molecule has 2 saturated heterocycles. The van der Waals surface area contributed by atoms with Crippen LogP contribution < -0.4 is 5.32 Å². The number of guanidine groups is 1. The molecule has 2 aliphatic rings. The van der Waals surface area contributed by atoms with Crippen molar-refractivity contribution in [1.29, 1.82) is 0 Å². The van der Waals surface area contributed by atoms with Gasteiger partial charge in [0.05, 0.1) is 6.54 Å². The van der Waals surface area contributed by atoms with E-state index in [0.717, 1.165) is 12.0 Å². The lowest BCUT2D eigenvalue weighted by Crippen LogP contribution is -2.65. The molecule has 2 atom stereocenters. The molecule has 1 aromatic rings. The van der Waals surface area contributed by atoms with Gasteiger partial charge < -0.3 is 19.9 Å². The van der Waals surface area contributed by atoms with Gasteiger partial charge in [0.1, 0.15) is 6.17 Å². The average molecular weight is 359 g/mol. The molecule has 140 valence electrons. The van der Waals surface area contributed by atoms with E-state index >= 15 is 0 Å². The number of carbonyl (C=O) groups is 2. The number of hydrogen-bond donors (Lipinski definition) is 1. The van der Waals surface area contributed by atoms with Gasteiger partial charge in [0, 0.05) is 34.4 Å². The summed E-state index contributed by atoms with van der Waals surface area (Å²) in [5, 5.41) is 3.21. The van der Waals surface area contributed by atoms with E-state index < -0.39 is 12.2 Å². The minimum Gasteiger partial charge on any atom is -0.385 e. The van der Waals surface area contributed by atoms with Crippen LogP contribution in [0, 0.1) is 0 Å². The summed E-state index contributed by atoms with van der Waals surface area (Å²) in [5.74, 6) is 0.421. The first-order valence-corrected chi connectivity index (χ1v) is 8.69. The summed E-state index contributed by atoms with van der Waals surface area (Å²) >= 11 is 0. The number of fused-ring (bicyclic) bond motifs is 1. The molecule has 0 saturated carbocycles. The SMILES string of the molecule is COCCCN=C1NC2C(C(=O)N(Cc3ccccc3)C(=O)N2C)N1C. The van der Waals surface area contributed by atoms with Crippen LogP contribution >= 0.6 is 0 Å². The van der Waals surface area contributed by atoms with E-state index in [4.69, 9.17) is 4.74 Å². The van der Waals surface area contributed by atoms with E-state index in [1.165, 1.54) is 4.90 Å². The smallest absolute Gasteiger partial charge is 0.328 e. The van der Waals surface area contributed by atoms with E-state index in [2.05, 4.69) is 10.3 Å². The molecule has 2 fully saturated rings. The number of rotatable bonds is 6. The third kappa shape index (κ3) is 3.37. The average Bonchev–Trinajstić information content (AvgIpc) is 2.98. The lowest BCUT2D eigenvalue weighted by molar-refractivity contribution is -0.137. The zero-order chi connectivity index (χ0) is 18.7. The Balaban J connectivity index is 1.77. The minimum absolute atomic E-state index is 0.209. The van der Waals surface area contributed by atoms with Gasteiger partial charge in [-0.2, -0.15) is 0 Å². The second kappa shape index (κ2) is 7.74. The maximum absolute atomic E-state index is 13.0. The van der Waals surface area contributed by atoms with E-state index in [1.807, 2.05) is 42.3 Å². The Morgan fingerprint density at radius 2 is 1.88 bits per heavy atom. The monoisotopic (exact) mass is 359 g/mol. The number of carbonyl (C=O) groups excluding carboxylic acids is 2. The molecule has 2 unspecified atom stereocenters. The zero-order valence-corrected chi connectivity index (χ0v) is 15.4. The number of methoxy groups -OCH3 is 1. The summed E-state index contributed by atoms with van der Waals surface area (Å²) in [4.78, 5) is 34.9. The first kappa shape index (κ1) is 18.2. The zero-order valence-electron chi connectivity index (χ0n) is 15.4. The van der Waals surface area contributed by atoms with Gasteiger partial charge in [-0.15, -0.1) is 0 Å². The summed E-state index contributed by atoms with van der Waals surface area (Å²) in [6.07, 6.45) is 0.390. The Morgan fingerprint density at radius 1 is 1.15 bits per heavy atom. The van der Waals surface area contributed by atoms with E-state index in [0.29, 0.717) is 19.1 Å². The van der Waals surface area contributed by atoms with Gasteiger partial charge in [-0.3, -0.25) is 14.7 Å². The fourth-order valence-electron chi connectivity index (χ4n) is 3.29. The number of benzene rings is 1. The molecule has 8 heteroatoms. The number of aliphatic imine (C=N–C) groups is 1. The Labute approximate surface area is 153 Å². The Kier molecular flexibility index (Phi) is 5.41. The standard InChI is InChI=1S/C18H25N5O3/c1-21-14-15(20-17(21)19-10-7-11-26-3)22(2)18(25)23(16(14)24)12-13-8-5-4-6-9-13/h4-6,8-9,14-15H,7,10-12H2,1-3H3,(H,19,20). The number of urea groups is 1. The fraction of sp³-hybridized carbons (Fsp3) is 0.500. The molecule has 3 amide bonds.